The maximum Gasteiger partial charge on any atom is 0.283 e. The van der Waals surface area contributed by atoms with E-state index < -0.39 is 0 Å². The number of halogens is 1. The molecule has 1 heterocycles. The second kappa shape index (κ2) is 7.55. The van der Waals surface area contributed by atoms with Gasteiger partial charge in [0.15, 0.2) is 0 Å². The molecule has 1 N–H and O–H groups in total. The second-order valence-electron chi connectivity index (χ2n) is 3.28. The molecule has 1 rings (SSSR count). The smallest absolute Gasteiger partial charge is 0.283 e. The fourth-order valence-electron chi connectivity index (χ4n) is 1.24. The van der Waals surface area contributed by atoms with E-state index >= 15 is 0 Å². The van der Waals surface area contributed by atoms with Gasteiger partial charge in [-0.2, -0.15) is 16.9 Å². The van der Waals surface area contributed by atoms with Crippen molar-refractivity contribution in [1.29, 1.82) is 0 Å². The van der Waals surface area contributed by atoms with E-state index in [4.69, 9.17) is 0 Å². The minimum atomic E-state index is -0.101. The fourth-order valence-corrected chi connectivity index (χ4v) is 2.27. The number of thioether (sulfide) groups is 1. The van der Waals surface area contributed by atoms with Gasteiger partial charge in [0.1, 0.15) is 4.47 Å². The zero-order valence-electron chi connectivity index (χ0n) is 9.78. The summed E-state index contributed by atoms with van der Waals surface area (Å²) in [5, 5.41) is 7.25. The maximum atomic E-state index is 11.8. The molecule has 0 saturated heterocycles. The van der Waals surface area contributed by atoms with Gasteiger partial charge in [0.2, 0.25) is 0 Å². The Kier molecular flexibility index (Phi) is 6.36. The van der Waals surface area contributed by atoms with Gasteiger partial charge in [-0.25, -0.2) is 4.68 Å². The van der Waals surface area contributed by atoms with E-state index in [9.17, 15) is 4.79 Å². The van der Waals surface area contributed by atoms with E-state index in [0.29, 0.717) is 11.0 Å². The average Bonchev–Trinajstić information content (AvgIpc) is 2.34. The molecule has 6 heteroatoms. The van der Waals surface area contributed by atoms with E-state index in [2.05, 4.69) is 32.9 Å². The van der Waals surface area contributed by atoms with E-state index in [1.165, 1.54) is 4.68 Å². The van der Waals surface area contributed by atoms with Gasteiger partial charge in [0.25, 0.3) is 5.56 Å². The van der Waals surface area contributed by atoms with E-state index in [-0.39, 0.29) is 5.56 Å². The molecule has 0 amide bonds. The topological polar surface area (TPSA) is 46.9 Å². The lowest BCUT2D eigenvalue weighted by molar-refractivity contribution is 0.613. The number of aromatic nitrogens is 2. The molecule has 1 aromatic heterocycles. The van der Waals surface area contributed by atoms with E-state index in [1.807, 2.05) is 13.0 Å². The molecule has 0 unspecified atom stereocenters. The summed E-state index contributed by atoms with van der Waals surface area (Å²) >= 11 is 5.09. The number of rotatable bonds is 7. The summed E-state index contributed by atoms with van der Waals surface area (Å²) in [5.41, 5.74) is 0.648. The number of nitrogens with zero attached hydrogens (tertiary/aromatic N) is 2. The molecule has 0 atom stereocenters. The molecule has 0 spiro atoms. The number of anilines is 1. The molecule has 94 valence electrons. The van der Waals surface area contributed by atoms with Crippen molar-refractivity contribution in [2.45, 2.75) is 13.5 Å². The molecular weight excluding hydrogens is 302 g/mol. The van der Waals surface area contributed by atoms with Gasteiger partial charge < -0.3 is 5.32 Å². The van der Waals surface area contributed by atoms with Crippen LogP contribution in [-0.4, -0.2) is 27.8 Å². The first kappa shape index (κ1) is 14.3. The van der Waals surface area contributed by atoms with Crippen molar-refractivity contribution in [3.05, 3.63) is 33.7 Å². The molecule has 0 aromatic carbocycles. The predicted molar refractivity (Wildman–Crippen MR) is 77.9 cm³/mol. The lowest BCUT2D eigenvalue weighted by Gasteiger charge is -2.08. The van der Waals surface area contributed by atoms with Crippen LogP contribution in [0.25, 0.3) is 0 Å². The third-order valence-electron chi connectivity index (χ3n) is 2.08. The van der Waals surface area contributed by atoms with Gasteiger partial charge in [-0.15, -0.1) is 6.58 Å². The normalized spacial score (nSPS) is 10.2. The van der Waals surface area contributed by atoms with Crippen molar-refractivity contribution >= 4 is 33.4 Å². The Morgan fingerprint density at radius 2 is 2.47 bits per heavy atom. The van der Waals surface area contributed by atoms with Gasteiger partial charge in [0, 0.05) is 24.6 Å². The summed E-state index contributed by atoms with van der Waals surface area (Å²) in [5.74, 6) is 1.91. The first-order chi connectivity index (χ1) is 8.20. The van der Waals surface area contributed by atoms with Crippen LogP contribution in [0.3, 0.4) is 0 Å². The lowest BCUT2D eigenvalue weighted by atomic mass is 10.4. The van der Waals surface area contributed by atoms with Crippen LogP contribution in [0.15, 0.2) is 28.1 Å². The maximum absolute atomic E-state index is 11.8. The van der Waals surface area contributed by atoms with Crippen LogP contribution in [0.4, 0.5) is 5.69 Å². The Hall–Kier alpha value is -0.750. The van der Waals surface area contributed by atoms with Crippen molar-refractivity contribution < 1.29 is 0 Å². The van der Waals surface area contributed by atoms with Crippen LogP contribution in [0.5, 0.6) is 0 Å². The van der Waals surface area contributed by atoms with Gasteiger partial charge in [0.05, 0.1) is 11.9 Å². The van der Waals surface area contributed by atoms with Crippen molar-refractivity contribution in [2.75, 3.05) is 23.4 Å². The Morgan fingerprint density at radius 3 is 3.12 bits per heavy atom. The predicted octanol–water partition coefficient (Wildman–Crippen LogP) is 2.36. The summed E-state index contributed by atoms with van der Waals surface area (Å²) in [7, 11) is 0. The van der Waals surface area contributed by atoms with E-state index in [0.717, 1.165) is 23.7 Å². The van der Waals surface area contributed by atoms with Crippen molar-refractivity contribution in [2.24, 2.45) is 0 Å². The third-order valence-corrected chi connectivity index (χ3v) is 3.81. The monoisotopic (exact) mass is 317 g/mol. The number of hydrogen-bond acceptors (Lipinski definition) is 4. The molecular formula is C11H16BrN3OS. The zero-order valence-corrected chi connectivity index (χ0v) is 12.2. The third kappa shape index (κ3) is 4.20. The van der Waals surface area contributed by atoms with Gasteiger partial charge >= 0.3 is 0 Å². The largest absolute Gasteiger partial charge is 0.382 e. The standard InChI is InChI=1S/C11H16BrN3OS/c1-3-6-17-7-5-13-9-8-14-15(4-2)11(16)10(9)12/h3,8,13H,1,4-7H2,2H3. The van der Waals surface area contributed by atoms with Gasteiger partial charge in [-0.1, -0.05) is 6.08 Å². The Balaban J connectivity index is 2.57. The molecule has 4 nitrogen and oxygen atoms in total. The van der Waals surface area contributed by atoms with Crippen LogP contribution in [0.2, 0.25) is 0 Å². The van der Waals surface area contributed by atoms with Crippen molar-refractivity contribution in [3.63, 3.8) is 0 Å². The van der Waals surface area contributed by atoms with Crippen molar-refractivity contribution in [3.8, 4) is 0 Å². The number of aryl methyl sites for hydroxylation is 1. The average molecular weight is 318 g/mol. The van der Waals surface area contributed by atoms with Crippen LogP contribution in [-0.2, 0) is 6.54 Å². The zero-order chi connectivity index (χ0) is 12.7. The Morgan fingerprint density at radius 1 is 1.71 bits per heavy atom. The first-order valence-corrected chi connectivity index (χ1v) is 7.33. The molecule has 0 fully saturated rings. The number of nitrogens with one attached hydrogen (secondary N) is 1. The molecule has 0 bridgehead atoms. The summed E-state index contributed by atoms with van der Waals surface area (Å²) in [4.78, 5) is 11.8. The van der Waals surface area contributed by atoms with Crippen molar-refractivity contribution in [1.82, 2.24) is 9.78 Å². The minimum absolute atomic E-state index is 0.101. The van der Waals surface area contributed by atoms with E-state index in [1.54, 1.807) is 18.0 Å². The molecule has 0 aliphatic heterocycles. The molecule has 17 heavy (non-hydrogen) atoms. The molecule has 0 aliphatic carbocycles. The van der Waals surface area contributed by atoms with Crippen LogP contribution in [0, 0.1) is 0 Å². The highest BCUT2D eigenvalue weighted by molar-refractivity contribution is 9.10. The summed E-state index contributed by atoms with van der Waals surface area (Å²) in [6.07, 6.45) is 3.55. The lowest BCUT2D eigenvalue weighted by Crippen LogP contribution is -2.24. The quantitative estimate of drug-likeness (QED) is 0.619. The SMILES string of the molecule is C=CCSCCNc1cnn(CC)c(=O)c1Br. The van der Waals surface area contributed by atoms with Gasteiger partial charge in [-0.3, -0.25) is 4.79 Å². The summed E-state index contributed by atoms with van der Waals surface area (Å²) in [6, 6.07) is 0. The minimum Gasteiger partial charge on any atom is -0.382 e. The van der Waals surface area contributed by atoms with Crippen LogP contribution < -0.4 is 10.9 Å². The molecule has 0 saturated carbocycles. The highest BCUT2D eigenvalue weighted by Gasteiger charge is 2.06. The molecule has 0 aliphatic rings. The summed E-state index contributed by atoms with van der Waals surface area (Å²) in [6.45, 7) is 6.92. The van der Waals surface area contributed by atoms with Crippen LogP contribution in [0.1, 0.15) is 6.92 Å². The number of hydrogen-bond donors (Lipinski definition) is 1. The second-order valence-corrected chi connectivity index (χ2v) is 5.23. The Labute approximate surface area is 114 Å². The first-order valence-electron chi connectivity index (χ1n) is 5.38. The Bertz CT molecular complexity index is 433. The molecule has 0 radical (unpaired) electrons. The highest BCUT2D eigenvalue weighted by Crippen LogP contribution is 2.15. The molecule has 1 aromatic rings. The van der Waals surface area contributed by atoms with Gasteiger partial charge in [-0.05, 0) is 22.9 Å². The fraction of sp³-hybridized carbons (Fsp3) is 0.455. The van der Waals surface area contributed by atoms with Crippen LogP contribution >= 0.6 is 27.7 Å². The summed E-state index contributed by atoms with van der Waals surface area (Å²) < 4.78 is 1.96. The highest BCUT2D eigenvalue weighted by atomic mass is 79.9.